The normalized spacial score (nSPS) is 19.8. The summed E-state index contributed by atoms with van der Waals surface area (Å²) in [7, 11) is 0. The first-order valence-electron chi connectivity index (χ1n) is 5.75. The molecule has 16 heavy (non-hydrogen) atoms. The highest BCUT2D eigenvalue weighted by Gasteiger charge is 2.25. The number of anilines is 1. The quantitative estimate of drug-likeness (QED) is 0.795. The average molecular weight is 236 g/mol. The number of nitrogens with one attached hydrogen (secondary N) is 1. The molecule has 0 radical (unpaired) electrons. The van der Waals surface area contributed by atoms with Gasteiger partial charge in [-0.25, -0.2) is 0 Å². The number of hydrogen-bond donors (Lipinski definition) is 1. The Kier molecular flexibility index (Phi) is 3.45. The summed E-state index contributed by atoms with van der Waals surface area (Å²) in [5, 5.41) is 3.54. The number of piperazine rings is 1. The zero-order valence-electron chi connectivity index (χ0n) is 10.3. The second kappa shape index (κ2) is 4.68. The third-order valence-corrected chi connectivity index (χ3v) is 3.72. The molecule has 1 saturated heterocycles. The van der Waals surface area contributed by atoms with Crippen LogP contribution in [0.15, 0.2) is 29.2 Å². The highest BCUT2D eigenvalue weighted by Crippen LogP contribution is 2.24. The van der Waals surface area contributed by atoms with Gasteiger partial charge in [-0.3, -0.25) is 0 Å². The Morgan fingerprint density at radius 2 is 2.19 bits per heavy atom. The molecule has 1 aromatic rings. The van der Waals surface area contributed by atoms with E-state index in [1.165, 1.54) is 10.6 Å². The first-order valence-corrected chi connectivity index (χ1v) is 6.97. The van der Waals surface area contributed by atoms with Gasteiger partial charge in [-0.05, 0) is 38.3 Å². The van der Waals surface area contributed by atoms with E-state index in [1.54, 1.807) is 11.8 Å². The topological polar surface area (TPSA) is 15.3 Å². The van der Waals surface area contributed by atoms with E-state index < -0.39 is 0 Å². The van der Waals surface area contributed by atoms with Gasteiger partial charge in [0.1, 0.15) is 0 Å². The molecule has 0 aliphatic carbocycles. The van der Waals surface area contributed by atoms with E-state index in [-0.39, 0.29) is 5.54 Å². The van der Waals surface area contributed by atoms with E-state index in [0.29, 0.717) is 0 Å². The SMILES string of the molecule is CSc1cccc(N2CCNC(C)(C)C2)c1. The van der Waals surface area contributed by atoms with Crippen molar-refractivity contribution in [3.63, 3.8) is 0 Å². The number of rotatable bonds is 2. The molecule has 0 aromatic heterocycles. The number of nitrogens with zero attached hydrogens (tertiary/aromatic N) is 1. The van der Waals surface area contributed by atoms with E-state index >= 15 is 0 Å². The molecule has 1 aliphatic rings. The van der Waals surface area contributed by atoms with Gasteiger partial charge in [0, 0.05) is 35.8 Å². The van der Waals surface area contributed by atoms with Gasteiger partial charge in [0.15, 0.2) is 0 Å². The van der Waals surface area contributed by atoms with Gasteiger partial charge in [0.2, 0.25) is 0 Å². The Bertz CT molecular complexity index is 363. The fourth-order valence-corrected chi connectivity index (χ4v) is 2.62. The lowest BCUT2D eigenvalue weighted by atomic mass is 10.0. The average Bonchev–Trinajstić information content (AvgIpc) is 2.28. The van der Waals surface area contributed by atoms with E-state index in [9.17, 15) is 0 Å². The number of hydrogen-bond acceptors (Lipinski definition) is 3. The Balaban J connectivity index is 2.16. The molecule has 0 spiro atoms. The van der Waals surface area contributed by atoms with Crippen LogP contribution in [0.5, 0.6) is 0 Å². The summed E-state index contributed by atoms with van der Waals surface area (Å²) in [4.78, 5) is 3.81. The fraction of sp³-hybridized carbons (Fsp3) is 0.538. The van der Waals surface area contributed by atoms with Crippen LogP contribution in [0.4, 0.5) is 5.69 Å². The molecule has 1 N–H and O–H groups in total. The minimum Gasteiger partial charge on any atom is -0.368 e. The summed E-state index contributed by atoms with van der Waals surface area (Å²) in [5.74, 6) is 0. The first-order chi connectivity index (χ1) is 7.61. The molecule has 1 fully saturated rings. The smallest absolute Gasteiger partial charge is 0.0378 e. The third kappa shape index (κ3) is 2.71. The van der Waals surface area contributed by atoms with Gasteiger partial charge in [0.05, 0.1) is 0 Å². The van der Waals surface area contributed by atoms with Crippen LogP contribution in [0.2, 0.25) is 0 Å². The molecule has 2 nitrogen and oxygen atoms in total. The maximum atomic E-state index is 3.54. The van der Waals surface area contributed by atoms with Gasteiger partial charge in [0.25, 0.3) is 0 Å². The van der Waals surface area contributed by atoms with Crippen LogP contribution in [0.25, 0.3) is 0 Å². The molecular formula is C13H20N2S. The van der Waals surface area contributed by atoms with Crippen LogP contribution in [0, 0.1) is 0 Å². The molecular weight excluding hydrogens is 216 g/mol. The maximum Gasteiger partial charge on any atom is 0.0378 e. The highest BCUT2D eigenvalue weighted by atomic mass is 32.2. The summed E-state index contributed by atoms with van der Waals surface area (Å²) < 4.78 is 0. The number of thioether (sulfide) groups is 1. The molecule has 1 heterocycles. The molecule has 0 bridgehead atoms. The molecule has 0 amide bonds. The van der Waals surface area contributed by atoms with E-state index in [2.05, 4.69) is 54.6 Å². The fourth-order valence-electron chi connectivity index (χ4n) is 2.17. The Morgan fingerprint density at radius 1 is 1.38 bits per heavy atom. The molecule has 0 saturated carbocycles. The standard InChI is InChI=1S/C13H20N2S/c1-13(2)10-15(8-7-14-13)11-5-4-6-12(9-11)16-3/h4-6,9,14H,7-8,10H2,1-3H3. The van der Waals surface area contributed by atoms with Gasteiger partial charge >= 0.3 is 0 Å². The zero-order chi connectivity index (χ0) is 11.6. The Labute approximate surface area is 102 Å². The van der Waals surface area contributed by atoms with Gasteiger partial charge in [-0.1, -0.05) is 6.07 Å². The molecule has 2 rings (SSSR count). The van der Waals surface area contributed by atoms with Crippen molar-refractivity contribution in [1.82, 2.24) is 5.32 Å². The van der Waals surface area contributed by atoms with E-state index in [1.807, 2.05) is 0 Å². The van der Waals surface area contributed by atoms with Gasteiger partial charge < -0.3 is 10.2 Å². The van der Waals surface area contributed by atoms with Gasteiger partial charge in [-0.2, -0.15) is 0 Å². The van der Waals surface area contributed by atoms with Crippen molar-refractivity contribution in [3.05, 3.63) is 24.3 Å². The summed E-state index contributed by atoms with van der Waals surface area (Å²) in [6.07, 6.45) is 2.13. The summed E-state index contributed by atoms with van der Waals surface area (Å²) in [5.41, 5.74) is 1.56. The summed E-state index contributed by atoms with van der Waals surface area (Å²) in [6, 6.07) is 8.81. The predicted molar refractivity (Wildman–Crippen MR) is 72.5 cm³/mol. The molecule has 0 atom stereocenters. The molecule has 1 aromatic carbocycles. The van der Waals surface area contributed by atoms with Crippen LogP contribution >= 0.6 is 11.8 Å². The van der Waals surface area contributed by atoms with Crippen molar-refractivity contribution in [2.45, 2.75) is 24.3 Å². The van der Waals surface area contributed by atoms with E-state index in [4.69, 9.17) is 0 Å². The minimum absolute atomic E-state index is 0.216. The third-order valence-electron chi connectivity index (χ3n) is 2.99. The van der Waals surface area contributed by atoms with Crippen molar-refractivity contribution in [2.75, 3.05) is 30.8 Å². The lowest BCUT2D eigenvalue weighted by molar-refractivity contribution is 0.353. The second-order valence-electron chi connectivity index (χ2n) is 4.93. The maximum absolute atomic E-state index is 3.54. The van der Waals surface area contributed by atoms with Crippen molar-refractivity contribution in [2.24, 2.45) is 0 Å². The van der Waals surface area contributed by atoms with Crippen LogP contribution in [0.3, 0.4) is 0 Å². The van der Waals surface area contributed by atoms with Crippen molar-refractivity contribution >= 4 is 17.4 Å². The monoisotopic (exact) mass is 236 g/mol. The van der Waals surface area contributed by atoms with Crippen molar-refractivity contribution in [3.8, 4) is 0 Å². The van der Waals surface area contributed by atoms with Gasteiger partial charge in [-0.15, -0.1) is 11.8 Å². The minimum atomic E-state index is 0.216. The molecule has 1 aliphatic heterocycles. The van der Waals surface area contributed by atoms with Crippen molar-refractivity contribution in [1.29, 1.82) is 0 Å². The summed E-state index contributed by atoms with van der Waals surface area (Å²) in [6.45, 7) is 7.76. The zero-order valence-corrected chi connectivity index (χ0v) is 11.1. The highest BCUT2D eigenvalue weighted by molar-refractivity contribution is 7.98. The van der Waals surface area contributed by atoms with Crippen LogP contribution in [-0.4, -0.2) is 31.4 Å². The molecule has 0 unspecified atom stereocenters. The van der Waals surface area contributed by atoms with Crippen molar-refractivity contribution < 1.29 is 0 Å². The Hall–Kier alpha value is -0.670. The lowest BCUT2D eigenvalue weighted by Crippen LogP contribution is -2.57. The Morgan fingerprint density at radius 3 is 2.88 bits per heavy atom. The molecule has 88 valence electrons. The van der Waals surface area contributed by atoms with E-state index in [0.717, 1.165) is 19.6 Å². The second-order valence-corrected chi connectivity index (χ2v) is 5.81. The first kappa shape index (κ1) is 11.8. The van der Waals surface area contributed by atoms with Crippen LogP contribution in [-0.2, 0) is 0 Å². The predicted octanol–water partition coefficient (Wildman–Crippen LogP) is 2.60. The lowest BCUT2D eigenvalue weighted by Gasteiger charge is -2.40. The molecule has 3 heteroatoms. The summed E-state index contributed by atoms with van der Waals surface area (Å²) >= 11 is 1.80. The number of benzene rings is 1. The largest absolute Gasteiger partial charge is 0.368 e. The van der Waals surface area contributed by atoms with Crippen LogP contribution < -0.4 is 10.2 Å². The van der Waals surface area contributed by atoms with Crippen LogP contribution in [0.1, 0.15) is 13.8 Å².